The van der Waals surface area contributed by atoms with Crippen molar-refractivity contribution in [3.05, 3.63) is 41.5 Å². The van der Waals surface area contributed by atoms with E-state index in [1.54, 1.807) is 0 Å². The molecule has 1 aliphatic rings. The number of hydrogen-bond donors (Lipinski definition) is 1. The van der Waals surface area contributed by atoms with Crippen molar-refractivity contribution in [2.24, 2.45) is 0 Å². The van der Waals surface area contributed by atoms with Crippen LogP contribution in [0.4, 0.5) is 0 Å². The van der Waals surface area contributed by atoms with Gasteiger partial charge in [0.2, 0.25) is 0 Å². The maximum atomic E-state index is 10.3. The lowest BCUT2D eigenvalue weighted by molar-refractivity contribution is 0.208. The highest BCUT2D eigenvalue weighted by Gasteiger charge is 2.15. The Kier molecular flexibility index (Phi) is 4.21. The Balaban J connectivity index is 2.08. The van der Waals surface area contributed by atoms with Gasteiger partial charge in [-0.25, -0.2) is 0 Å². The maximum Gasteiger partial charge on any atom is 0.119 e. The van der Waals surface area contributed by atoms with E-state index in [0.29, 0.717) is 6.61 Å². The van der Waals surface area contributed by atoms with E-state index in [2.05, 4.69) is 6.08 Å². The summed E-state index contributed by atoms with van der Waals surface area (Å²) in [5.41, 5.74) is 2.13. The summed E-state index contributed by atoms with van der Waals surface area (Å²) in [4.78, 5) is 0. The van der Waals surface area contributed by atoms with E-state index < -0.39 is 6.10 Å². The van der Waals surface area contributed by atoms with Crippen molar-refractivity contribution in [1.82, 2.24) is 0 Å². The van der Waals surface area contributed by atoms with Gasteiger partial charge in [-0.05, 0) is 55.9 Å². The largest absolute Gasteiger partial charge is 0.494 e. The number of hydrogen-bond acceptors (Lipinski definition) is 2. The minimum atomic E-state index is -0.439. The number of ether oxygens (including phenoxy) is 1. The van der Waals surface area contributed by atoms with Crippen molar-refractivity contribution in [1.29, 1.82) is 0 Å². The Hall–Kier alpha value is -1.28. The van der Waals surface area contributed by atoms with Gasteiger partial charge in [-0.2, -0.15) is 0 Å². The topological polar surface area (TPSA) is 29.5 Å². The molecular weight excluding hydrogens is 212 g/mol. The molecule has 0 amide bonds. The highest BCUT2D eigenvalue weighted by atomic mass is 16.5. The minimum Gasteiger partial charge on any atom is -0.494 e. The van der Waals surface area contributed by atoms with Crippen molar-refractivity contribution in [3.8, 4) is 5.75 Å². The molecule has 0 spiro atoms. The van der Waals surface area contributed by atoms with E-state index in [-0.39, 0.29) is 0 Å². The molecular formula is C15H20O2. The Morgan fingerprint density at radius 2 is 2.00 bits per heavy atom. The monoisotopic (exact) mass is 232 g/mol. The van der Waals surface area contributed by atoms with Gasteiger partial charge in [0, 0.05) is 0 Å². The van der Waals surface area contributed by atoms with E-state index in [0.717, 1.165) is 24.2 Å². The molecule has 1 aromatic carbocycles. The standard InChI is InChI=1S/C15H20O2/c1-2-17-14-10-8-13(9-11-14)15(16)12-6-4-3-5-7-12/h6,8-11,15-16H,2-5,7H2,1H3. The van der Waals surface area contributed by atoms with Gasteiger partial charge in [-0.3, -0.25) is 0 Å². The van der Waals surface area contributed by atoms with Crippen LogP contribution in [0.25, 0.3) is 0 Å². The van der Waals surface area contributed by atoms with Crippen molar-refractivity contribution in [2.45, 2.75) is 38.7 Å². The van der Waals surface area contributed by atoms with Crippen molar-refractivity contribution in [2.75, 3.05) is 6.61 Å². The van der Waals surface area contributed by atoms with Gasteiger partial charge < -0.3 is 9.84 Å². The van der Waals surface area contributed by atoms with E-state index in [4.69, 9.17) is 4.74 Å². The summed E-state index contributed by atoms with van der Waals surface area (Å²) in [6.45, 7) is 2.64. The molecule has 1 aliphatic carbocycles. The minimum absolute atomic E-state index is 0.439. The summed E-state index contributed by atoms with van der Waals surface area (Å²) in [7, 11) is 0. The number of allylic oxidation sites excluding steroid dienone is 1. The van der Waals surface area contributed by atoms with Crippen LogP contribution >= 0.6 is 0 Å². The fraction of sp³-hybridized carbons (Fsp3) is 0.467. The zero-order valence-corrected chi connectivity index (χ0v) is 10.4. The smallest absolute Gasteiger partial charge is 0.119 e. The zero-order chi connectivity index (χ0) is 12.1. The summed E-state index contributed by atoms with van der Waals surface area (Å²) in [6.07, 6.45) is 6.31. The second kappa shape index (κ2) is 5.87. The zero-order valence-electron chi connectivity index (χ0n) is 10.4. The molecule has 1 aromatic rings. The Bertz CT molecular complexity index is 378. The average Bonchev–Trinajstić information content (AvgIpc) is 2.40. The molecule has 0 heterocycles. The van der Waals surface area contributed by atoms with Crippen LogP contribution in [0.2, 0.25) is 0 Å². The summed E-state index contributed by atoms with van der Waals surface area (Å²) in [5, 5.41) is 10.3. The third-order valence-corrected chi connectivity index (χ3v) is 3.18. The highest BCUT2D eigenvalue weighted by molar-refractivity contribution is 5.32. The first kappa shape index (κ1) is 12.2. The summed E-state index contributed by atoms with van der Waals surface area (Å²) in [5.74, 6) is 0.862. The second-order valence-corrected chi connectivity index (χ2v) is 4.43. The van der Waals surface area contributed by atoms with Gasteiger partial charge in [0.05, 0.1) is 6.61 Å². The van der Waals surface area contributed by atoms with E-state index in [1.807, 2.05) is 31.2 Å². The van der Waals surface area contributed by atoms with Gasteiger partial charge in [0.1, 0.15) is 11.9 Å². The lowest BCUT2D eigenvalue weighted by Crippen LogP contribution is -2.04. The van der Waals surface area contributed by atoms with Crippen LogP contribution in [0.15, 0.2) is 35.9 Å². The van der Waals surface area contributed by atoms with Crippen LogP contribution < -0.4 is 4.74 Å². The van der Waals surface area contributed by atoms with Crippen molar-refractivity contribution < 1.29 is 9.84 Å². The van der Waals surface area contributed by atoms with Gasteiger partial charge in [0.25, 0.3) is 0 Å². The first-order chi connectivity index (χ1) is 8.31. The van der Waals surface area contributed by atoms with Crippen LogP contribution in [0.1, 0.15) is 44.3 Å². The molecule has 2 nitrogen and oxygen atoms in total. The predicted molar refractivity (Wildman–Crippen MR) is 69.1 cm³/mol. The van der Waals surface area contributed by atoms with Gasteiger partial charge >= 0.3 is 0 Å². The Morgan fingerprint density at radius 1 is 1.24 bits per heavy atom. The molecule has 0 radical (unpaired) electrons. The first-order valence-electron chi connectivity index (χ1n) is 6.41. The van der Waals surface area contributed by atoms with Gasteiger partial charge in [-0.1, -0.05) is 18.2 Å². The molecule has 92 valence electrons. The summed E-state index contributed by atoms with van der Waals surface area (Å²) >= 11 is 0. The van der Waals surface area contributed by atoms with Gasteiger partial charge in [-0.15, -0.1) is 0 Å². The van der Waals surface area contributed by atoms with E-state index >= 15 is 0 Å². The molecule has 0 saturated carbocycles. The van der Waals surface area contributed by atoms with Crippen LogP contribution in [-0.4, -0.2) is 11.7 Å². The predicted octanol–water partition coefficient (Wildman–Crippen LogP) is 3.62. The molecule has 2 rings (SSSR count). The molecule has 0 bridgehead atoms. The second-order valence-electron chi connectivity index (χ2n) is 4.43. The SMILES string of the molecule is CCOc1ccc(C(O)C2=CCCCC2)cc1. The highest BCUT2D eigenvalue weighted by Crippen LogP contribution is 2.30. The molecule has 0 saturated heterocycles. The van der Waals surface area contributed by atoms with Crippen molar-refractivity contribution >= 4 is 0 Å². The van der Waals surface area contributed by atoms with Crippen LogP contribution in [0.5, 0.6) is 5.75 Å². The van der Waals surface area contributed by atoms with Crippen LogP contribution in [0, 0.1) is 0 Å². The third-order valence-electron chi connectivity index (χ3n) is 3.18. The van der Waals surface area contributed by atoms with Gasteiger partial charge in [0.15, 0.2) is 0 Å². The molecule has 2 heteroatoms. The summed E-state index contributed by atoms with van der Waals surface area (Å²) in [6, 6.07) is 7.74. The number of benzene rings is 1. The number of rotatable bonds is 4. The third kappa shape index (κ3) is 3.10. The Morgan fingerprint density at radius 3 is 2.59 bits per heavy atom. The van der Waals surface area contributed by atoms with Crippen LogP contribution in [0.3, 0.4) is 0 Å². The fourth-order valence-corrected chi connectivity index (χ4v) is 2.24. The first-order valence-corrected chi connectivity index (χ1v) is 6.41. The number of aliphatic hydroxyl groups excluding tert-OH is 1. The molecule has 1 N–H and O–H groups in total. The lowest BCUT2D eigenvalue weighted by Gasteiger charge is -2.19. The quantitative estimate of drug-likeness (QED) is 0.803. The van der Waals surface area contributed by atoms with Crippen LogP contribution in [-0.2, 0) is 0 Å². The Labute approximate surface area is 103 Å². The fourth-order valence-electron chi connectivity index (χ4n) is 2.24. The van der Waals surface area contributed by atoms with E-state index in [9.17, 15) is 5.11 Å². The average molecular weight is 232 g/mol. The van der Waals surface area contributed by atoms with E-state index in [1.165, 1.54) is 18.4 Å². The lowest BCUT2D eigenvalue weighted by atomic mass is 9.92. The molecule has 0 aromatic heterocycles. The van der Waals surface area contributed by atoms with Crippen molar-refractivity contribution in [3.63, 3.8) is 0 Å². The molecule has 0 aliphatic heterocycles. The molecule has 1 unspecified atom stereocenters. The summed E-state index contributed by atoms with van der Waals surface area (Å²) < 4.78 is 5.39. The normalized spacial score (nSPS) is 17.4. The number of aliphatic hydroxyl groups is 1. The molecule has 17 heavy (non-hydrogen) atoms. The molecule has 1 atom stereocenters. The maximum absolute atomic E-state index is 10.3. The molecule has 0 fully saturated rings.